The lowest BCUT2D eigenvalue weighted by molar-refractivity contribution is 0.0962. The molecule has 0 spiro atoms. The number of aryl methyl sites for hydroxylation is 2. The maximum Gasteiger partial charge on any atom is 0.186 e. The molecule has 1 aromatic rings. The Balaban J connectivity index is 2.27. The average molecular weight is 164 g/mol. The number of carbonyl (C=O) groups excluding carboxylic acids is 1. The van der Waals surface area contributed by atoms with Gasteiger partial charge in [0, 0.05) is 18.7 Å². The highest BCUT2D eigenvalue weighted by Gasteiger charge is 2.31. The third kappa shape index (κ3) is 1.15. The van der Waals surface area contributed by atoms with Gasteiger partial charge in [0.05, 0.1) is 0 Å². The largest absolute Gasteiger partial charge is 0.292 e. The average Bonchev–Trinajstić information content (AvgIpc) is 2.80. The molecule has 0 N–H and O–H groups in total. The first-order valence-electron chi connectivity index (χ1n) is 4.23. The number of aromatic nitrogens is 2. The summed E-state index contributed by atoms with van der Waals surface area (Å²) in [5, 5.41) is 4.14. The molecule has 1 aliphatic carbocycles. The van der Waals surface area contributed by atoms with E-state index in [4.69, 9.17) is 0 Å². The van der Waals surface area contributed by atoms with Gasteiger partial charge in [0.25, 0.3) is 0 Å². The van der Waals surface area contributed by atoms with Crippen molar-refractivity contribution in [3.8, 4) is 0 Å². The van der Waals surface area contributed by atoms with E-state index in [2.05, 4.69) is 5.10 Å². The van der Waals surface area contributed by atoms with E-state index in [0.29, 0.717) is 5.69 Å². The molecule has 1 aromatic heterocycles. The van der Waals surface area contributed by atoms with Crippen LogP contribution in [0, 0.1) is 12.8 Å². The molecule has 12 heavy (non-hydrogen) atoms. The van der Waals surface area contributed by atoms with E-state index in [0.717, 1.165) is 18.5 Å². The number of Topliss-reactive ketones (excluding diaryl/α,β-unsaturated/α-hetero) is 1. The van der Waals surface area contributed by atoms with Gasteiger partial charge >= 0.3 is 0 Å². The summed E-state index contributed by atoms with van der Waals surface area (Å²) in [5.74, 6) is 0.498. The van der Waals surface area contributed by atoms with Crippen LogP contribution in [0.25, 0.3) is 0 Å². The molecule has 0 aliphatic heterocycles. The minimum absolute atomic E-state index is 0.221. The molecule has 1 aliphatic rings. The molecule has 0 radical (unpaired) electrons. The second-order valence-corrected chi connectivity index (χ2v) is 3.43. The molecule has 0 bridgehead atoms. The maximum atomic E-state index is 11.5. The van der Waals surface area contributed by atoms with Crippen LogP contribution in [0.1, 0.15) is 29.0 Å². The molecule has 0 aromatic carbocycles. The Morgan fingerprint density at radius 2 is 2.33 bits per heavy atom. The van der Waals surface area contributed by atoms with Gasteiger partial charge in [0.2, 0.25) is 0 Å². The molecule has 2 rings (SSSR count). The third-order valence-electron chi connectivity index (χ3n) is 2.31. The molecule has 1 fully saturated rings. The maximum absolute atomic E-state index is 11.5. The van der Waals surface area contributed by atoms with E-state index in [9.17, 15) is 4.79 Å². The van der Waals surface area contributed by atoms with E-state index in [1.807, 2.05) is 20.0 Å². The van der Waals surface area contributed by atoms with Gasteiger partial charge in [-0.1, -0.05) is 0 Å². The number of nitrogens with zero attached hydrogens (tertiary/aromatic N) is 2. The monoisotopic (exact) mass is 164 g/mol. The lowest BCUT2D eigenvalue weighted by Crippen LogP contribution is -2.03. The second-order valence-electron chi connectivity index (χ2n) is 3.43. The lowest BCUT2D eigenvalue weighted by Gasteiger charge is -1.90. The minimum Gasteiger partial charge on any atom is -0.292 e. The fourth-order valence-corrected chi connectivity index (χ4v) is 1.24. The summed E-state index contributed by atoms with van der Waals surface area (Å²) in [6.45, 7) is 1.96. The highest BCUT2D eigenvalue weighted by molar-refractivity contribution is 5.97. The number of hydrogen-bond acceptors (Lipinski definition) is 2. The predicted molar refractivity (Wildman–Crippen MR) is 45.0 cm³/mol. The van der Waals surface area contributed by atoms with Crippen LogP contribution in [-0.2, 0) is 7.05 Å². The first-order chi connectivity index (χ1) is 5.68. The van der Waals surface area contributed by atoms with Gasteiger partial charge in [-0.15, -0.1) is 0 Å². The zero-order valence-electron chi connectivity index (χ0n) is 7.37. The first kappa shape index (κ1) is 7.53. The van der Waals surface area contributed by atoms with Crippen LogP contribution in [0.3, 0.4) is 0 Å². The second kappa shape index (κ2) is 2.44. The van der Waals surface area contributed by atoms with E-state index in [1.54, 1.807) is 4.68 Å². The first-order valence-corrected chi connectivity index (χ1v) is 4.23. The Morgan fingerprint density at radius 3 is 2.75 bits per heavy atom. The van der Waals surface area contributed by atoms with Crippen LogP contribution in [0.15, 0.2) is 6.07 Å². The van der Waals surface area contributed by atoms with E-state index >= 15 is 0 Å². The van der Waals surface area contributed by atoms with E-state index in [1.165, 1.54) is 0 Å². The number of hydrogen-bond donors (Lipinski definition) is 0. The van der Waals surface area contributed by atoms with E-state index in [-0.39, 0.29) is 11.7 Å². The number of ketones is 1. The Morgan fingerprint density at radius 1 is 1.67 bits per heavy atom. The summed E-state index contributed by atoms with van der Waals surface area (Å²) in [6.07, 6.45) is 2.10. The summed E-state index contributed by atoms with van der Waals surface area (Å²) in [4.78, 5) is 11.5. The molecule has 3 nitrogen and oxygen atoms in total. The molecule has 0 atom stereocenters. The predicted octanol–water partition coefficient (Wildman–Crippen LogP) is 1.32. The summed E-state index contributed by atoms with van der Waals surface area (Å²) in [6, 6.07) is 1.86. The lowest BCUT2D eigenvalue weighted by atomic mass is 10.2. The molecule has 64 valence electrons. The topological polar surface area (TPSA) is 34.9 Å². The SMILES string of the molecule is Cc1cc(C(=O)C2CC2)nn1C. The summed E-state index contributed by atoms with van der Waals surface area (Å²) >= 11 is 0. The Bertz CT molecular complexity index is 304. The molecule has 1 saturated carbocycles. The highest BCUT2D eigenvalue weighted by atomic mass is 16.1. The van der Waals surface area contributed by atoms with Crippen LogP contribution in [-0.4, -0.2) is 15.6 Å². The van der Waals surface area contributed by atoms with Crippen LogP contribution < -0.4 is 0 Å². The normalized spacial score (nSPS) is 16.5. The van der Waals surface area contributed by atoms with Crippen molar-refractivity contribution in [2.24, 2.45) is 13.0 Å². The summed E-state index contributed by atoms with van der Waals surface area (Å²) in [5.41, 5.74) is 1.68. The highest BCUT2D eigenvalue weighted by Crippen LogP contribution is 2.32. The van der Waals surface area contributed by atoms with Crippen molar-refractivity contribution in [3.05, 3.63) is 17.5 Å². The molecule has 3 heteroatoms. The van der Waals surface area contributed by atoms with Crippen molar-refractivity contribution in [1.29, 1.82) is 0 Å². The third-order valence-corrected chi connectivity index (χ3v) is 2.31. The van der Waals surface area contributed by atoms with Gasteiger partial charge in [-0.2, -0.15) is 5.10 Å². The van der Waals surface area contributed by atoms with Crippen LogP contribution in [0.4, 0.5) is 0 Å². The van der Waals surface area contributed by atoms with Crippen molar-refractivity contribution < 1.29 is 4.79 Å². The summed E-state index contributed by atoms with van der Waals surface area (Å²) < 4.78 is 1.75. The van der Waals surface area contributed by atoms with Gasteiger partial charge in [0.15, 0.2) is 5.78 Å². The van der Waals surface area contributed by atoms with Crippen molar-refractivity contribution >= 4 is 5.78 Å². The Hall–Kier alpha value is -1.12. The van der Waals surface area contributed by atoms with Gasteiger partial charge < -0.3 is 0 Å². The van der Waals surface area contributed by atoms with Crippen LogP contribution in [0.5, 0.6) is 0 Å². The van der Waals surface area contributed by atoms with E-state index < -0.39 is 0 Å². The molecule has 0 unspecified atom stereocenters. The molecule has 0 saturated heterocycles. The van der Waals surface area contributed by atoms with Gasteiger partial charge in [-0.05, 0) is 25.8 Å². The van der Waals surface area contributed by atoms with Crippen molar-refractivity contribution in [2.45, 2.75) is 19.8 Å². The quantitative estimate of drug-likeness (QED) is 0.618. The fraction of sp³-hybridized carbons (Fsp3) is 0.556. The molecular weight excluding hydrogens is 152 g/mol. The number of rotatable bonds is 2. The zero-order chi connectivity index (χ0) is 8.72. The molecular formula is C9H12N2O. The Kier molecular flexibility index (Phi) is 1.53. The van der Waals surface area contributed by atoms with Gasteiger partial charge in [0.1, 0.15) is 5.69 Å². The van der Waals surface area contributed by atoms with Crippen molar-refractivity contribution in [2.75, 3.05) is 0 Å². The van der Waals surface area contributed by atoms with Crippen molar-refractivity contribution in [3.63, 3.8) is 0 Å². The molecule has 1 heterocycles. The van der Waals surface area contributed by atoms with Crippen LogP contribution in [0.2, 0.25) is 0 Å². The molecule has 0 amide bonds. The van der Waals surface area contributed by atoms with Crippen molar-refractivity contribution in [1.82, 2.24) is 9.78 Å². The summed E-state index contributed by atoms with van der Waals surface area (Å²) in [7, 11) is 1.86. The minimum atomic E-state index is 0.221. The van der Waals surface area contributed by atoms with Gasteiger partial charge in [-0.3, -0.25) is 9.48 Å². The smallest absolute Gasteiger partial charge is 0.186 e. The Labute approximate surface area is 71.4 Å². The fourth-order valence-electron chi connectivity index (χ4n) is 1.24. The van der Waals surface area contributed by atoms with Gasteiger partial charge in [-0.25, -0.2) is 0 Å². The standard InChI is InChI=1S/C9H12N2O/c1-6-5-8(10-11(6)2)9(12)7-3-4-7/h5,7H,3-4H2,1-2H3. The van der Waals surface area contributed by atoms with Crippen LogP contribution >= 0.6 is 0 Å². The number of carbonyl (C=O) groups is 1. The zero-order valence-corrected chi connectivity index (χ0v) is 7.37.